The smallest absolute Gasteiger partial charge is 0.319 e. The molecule has 1 heterocycles. The lowest BCUT2D eigenvalue weighted by atomic mass is 9.67. The first-order valence-electron chi connectivity index (χ1n) is 9.01. The van der Waals surface area contributed by atoms with E-state index in [0.717, 1.165) is 24.9 Å². The highest BCUT2D eigenvalue weighted by Gasteiger charge is 2.53. The summed E-state index contributed by atoms with van der Waals surface area (Å²) < 4.78 is 10.6. The Bertz CT molecular complexity index is 664. The van der Waals surface area contributed by atoms with Crippen molar-refractivity contribution in [2.75, 3.05) is 32.6 Å². The number of carboxylic acid groups (broad SMARTS) is 1. The van der Waals surface area contributed by atoms with Crippen molar-refractivity contribution in [3.05, 3.63) is 18.2 Å². The van der Waals surface area contributed by atoms with E-state index in [1.807, 2.05) is 12.1 Å². The van der Waals surface area contributed by atoms with Crippen molar-refractivity contribution in [1.29, 1.82) is 0 Å². The average Bonchev–Trinajstić information content (AvgIpc) is 2.60. The number of amides is 1. The lowest BCUT2D eigenvalue weighted by Gasteiger charge is -2.42. The van der Waals surface area contributed by atoms with E-state index in [2.05, 4.69) is 5.32 Å². The SMILES string of the molecule is COc1cc(NC2CCCN(C(=O)C3(C(=O)O)CCC3)C2)cc(OC)c1. The van der Waals surface area contributed by atoms with Crippen LogP contribution in [0.2, 0.25) is 0 Å². The molecule has 2 fully saturated rings. The number of hydrogen-bond donors (Lipinski definition) is 2. The normalized spacial score (nSPS) is 21.5. The third-order valence-corrected chi connectivity index (χ3v) is 5.46. The van der Waals surface area contributed by atoms with Crippen molar-refractivity contribution in [1.82, 2.24) is 4.90 Å². The summed E-state index contributed by atoms with van der Waals surface area (Å²) in [7, 11) is 3.20. The van der Waals surface area contributed by atoms with Crippen LogP contribution in [0.15, 0.2) is 18.2 Å². The van der Waals surface area contributed by atoms with E-state index >= 15 is 0 Å². The number of anilines is 1. The third-order valence-electron chi connectivity index (χ3n) is 5.46. The molecule has 0 aromatic heterocycles. The lowest BCUT2D eigenvalue weighted by Crippen LogP contribution is -2.56. The van der Waals surface area contributed by atoms with Crippen LogP contribution in [0.1, 0.15) is 32.1 Å². The second-order valence-electron chi connectivity index (χ2n) is 7.08. The van der Waals surface area contributed by atoms with E-state index in [-0.39, 0.29) is 11.9 Å². The summed E-state index contributed by atoms with van der Waals surface area (Å²) in [5, 5.41) is 12.9. The number of nitrogens with one attached hydrogen (secondary N) is 1. The molecule has 0 bridgehead atoms. The number of carbonyl (C=O) groups is 2. The van der Waals surface area contributed by atoms with Gasteiger partial charge in [-0.1, -0.05) is 6.42 Å². The molecule has 1 aromatic carbocycles. The average molecular weight is 362 g/mol. The number of likely N-dealkylation sites (tertiary alicyclic amines) is 1. The first-order valence-corrected chi connectivity index (χ1v) is 9.01. The number of carbonyl (C=O) groups excluding carboxylic acids is 1. The standard InChI is InChI=1S/C19H26N2O5/c1-25-15-9-14(10-16(11-15)26-2)20-13-5-3-8-21(12-13)17(22)19(18(23)24)6-4-7-19/h9-11,13,20H,3-8,12H2,1-2H3,(H,23,24). The number of methoxy groups -OCH3 is 2. The van der Waals surface area contributed by atoms with Gasteiger partial charge in [-0.05, 0) is 25.7 Å². The van der Waals surface area contributed by atoms with E-state index in [9.17, 15) is 14.7 Å². The molecule has 0 radical (unpaired) electrons. The van der Waals surface area contributed by atoms with E-state index < -0.39 is 11.4 Å². The molecule has 3 rings (SSSR count). The highest BCUT2D eigenvalue weighted by Crippen LogP contribution is 2.43. The fraction of sp³-hybridized carbons (Fsp3) is 0.579. The van der Waals surface area contributed by atoms with Crippen molar-refractivity contribution in [2.24, 2.45) is 5.41 Å². The molecule has 2 aliphatic rings. The molecule has 142 valence electrons. The zero-order chi connectivity index (χ0) is 18.7. The maximum atomic E-state index is 12.8. The molecule has 1 atom stereocenters. The Morgan fingerprint density at radius 2 is 1.81 bits per heavy atom. The minimum atomic E-state index is -1.19. The Morgan fingerprint density at radius 3 is 2.31 bits per heavy atom. The Hall–Kier alpha value is -2.44. The molecule has 1 saturated heterocycles. The summed E-state index contributed by atoms with van der Waals surface area (Å²) in [6.07, 6.45) is 3.46. The molecule has 7 nitrogen and oxygen atoms in total. The molecule has 1 unspecified atom stereocenters. The lowest BCUT2D eigenvalue weighted by molar-refractivity contribution is -0.168. The molecule has 1 aliphatic heterocycles. The van der Waals surface area contributed by atoms with Crippen molar-refractivity contribution in [3.63, 3.8) is 0 Å². The number of benzene rings is 1. The number of rotatable bonds is 6. The highest BCUT2D eigenvalue weighted by molar-refractivity contribution is 6.02. The monoisotopic (exact) mass is 362 g/mol. The minimum absolute atomic E-state index is 0.0652. The maximum absolute atomic E-state index is 12.8. The predicted octanol–water partition coefficient (Wildman–Crippen LogP) is 2.36. The van der Waals surface area contributed by atoms with E-state index in [1.165, 1.54) is 0 Å². The van der Waals surface area contributed by atoms with Gasteiger partial charge in [0, 0.05) is 43.0 Å². The van der Waals surface area contributed by atoms with Gasteiger partial charge < -0.3 is 24.8 Å². The van der Waals surface area contributed by atoms with Gasteiger partial charge in [0.15, 0.2) is 0 Å². The molecule has 0 spiro atoms. The van der Waals surface area contributed by atoms with Crippen LogP contribution in [-0.2, 0) is 9.59 Å². The molecule has 1 amide bonds. The number of ether oxygens (including phenoxy) is 2. The molecule has 1 aromatic rings. The van der Waals surface area contributed by atoms with E-state index in [4.69, 9.17) is 9.47 Å². The molecule has 1 saturated carbocycles. The first kappa shape index (κ1) is 18.4. The van der Waals surface area contributed by atoms with Gasteiger partial charge >= 0.3 is 5.97 Å². The second kappa shape index (κ2) is 7.43. The molecule has 2 N–H and O–H groups in total. The fourth-order valence-corrected chi connectivity index (χ4v) is 3.76. The predicted molar refractivity (Wildman–Crippen MR) is 96.7 cm³/mol. The third kappa shape index (κ3) is 3.43. The molecule has 26 heavy (non-hydrogen) atoms. The quantitative estimate of drug-likeness (QED) is 0.756. The van der Waals surface area contributed by atoms with Gasteiger partial charge in [-0.15, -0.1) is 0 Å². The summed E-state index contributed by atoms with van der Waals surface area (Å²) in [5.41, 5.74) is -0.335. The van der Waals surface area contributed by atoms with Crippen molar-refractivity contribution < 1.29 is 24.2 Å². The van der Waals surface area contributed by atoms with Gasteiger partial charge in [-0.25, -0.2) is 0 Å². The summed E-state index contributed by atoms with van der Waals surface area (Å²) >= 11 is 0. The topological polar surface area (TPSA) is 88.1 Å². The molecular weight excluding hydrogens is 336 g/mol. The summed E-state index contributed by atoms with van der Waals surface area (Å²) in [5.74, 6) is 0.164. The second-order valence-corrected chi connectivity index (χ2v) is 7.08. The van der Waals surface area contributed by atoms with E-state index in [1.54, 1.807) is 25.2 Å². The largest absolute Gasteiger partial charge is 0.497 e. The van der Waals surface area contributed by atoms with Crippen LogP contribution in [0, 0.1) is 5.41 Å². The van der Waals surface area contributed by atoms with Crippen molar-refractivity contribution in [2.45, 2.75) is 38.1 Å². The summed E-state index contributed by atoms with van der Waals surface area (Å²) in [4.78, 5) is 26.1. The molecule has 1 aliphatic carbocycles. The summed E-state index contributed by atoms with van der Waals surface area (Å²) in [6.45, 7) is 1.13. The number of piperidine rings is 1. The van der Waals surface area contributed by atoms with Crippen LogP contribution in [0.3, 0.4) is 0 Å². The van der Waals surface area contributed by atoms with Gasteiger partial charge in [-0.2, -0.15) is 0 Å². The van der Waals surface area contributed by atoms with Crippen LogP contribution in [0.4, 0.5) is 5.69 Å². The van der Waals surface area contributed by atoms with Crippen LogP contribution in [0.25, 0.3) is 0 Å². The van der Waals surface area contributed by atoms with Crippen molar-refractivity contribution in [3.8, 4) is 11.5 Å². The highest BCUT2D eigenvalue weighted by atomic mass is 16.5. The number of aliphatic carboxylic acids is 1. The molecular formula is C19H26N2O5. The zero-order valence-corrected chi connectivity index (χ0v) is 15.3. The number of carboxylic acids is 1. The van der Waals surface area contributed by atoms with Gasteiger partial charge in [0.25, 0.3) is 0 Å². The molecule has 7 heteroatoms. The van der Waals surface area contributed by atoms with Crippen LogP contribution in [0.5, 0.6) is 11.5 Å². The van der Waals surface area contributed by atoms with Crippen LogP contribution >= 0.6 is 0 Å². The summed E-state index contributed by atoms with van der Waals surface area (Å²) in [6, 6.07) is 5.63. The van der Waals surface area contributed by atoms with Crippen LogP contribution < -0.4 is 14.8 Å². The fourth-order valence-electron chi connectivity index (χ4n) is 3.76. The zero-order valence-electron chi connectivity index (χ0n) is 15.3. The Balaban J connectivity index is 1.69. The van der Waals surface area contributed by atoms with Crippen LogP contribution in [-0.4, -0.2) is 55.2 Å². The Kier molecular flexibility index (Phi) is 5.25. The van der Waals surface area contributed by atoms with Gasteiger partial charge in [0.05, 0.1) is 14.2 Å². The maximum Gasteiger partial charge on any atom is 0.319 e. The van der Waals surface area contributed by atoms with Gasteiger partial charge in [-0.3, -0.25) is 9.59 Å². The van der Waals surface area contributed by atoms with E-state index in [0.29, 0.717) is 37.4 Å². The first-order chi connectivity index (χ1) is 12.5. The number of hydrogen-bond acceptors (Lipinski definition) is 5. The van der Waals surface area contributed by atoms with Gasteiger partial charge in [0.1, 0.15) is 16.9 Å². The number of nitrogens with zero attached hydrogens (tertiary/aromatic N) is 1. The van der Waals surface area contributed by atoms with Gasteiger partial charge in [0.2, 0.25) is 5.91 Å². The minimum Gasteiger partial charge on any atom is -0.497 e. The Labute approximate surface area is 153 Å². The Morgan fingerprint density at radius 1 is 1.15 bits per heavy atom. The van der Waals surface area contributed by atoms with Crippen molar-refractivity contribution >= 4 is 17.6 Å².